The minimum Gasteiger partial charge on any atom is -0.467 e. The lowest BCUT2D eigenvalue weighted by atomic mass is 10.0. The Morgan fingerprint density at radius 3 is 2.36 bits per heavy atom. The molecule has 4 N–H and O–H groups in total. The van der Waals surface area contributed by atoms with Crippen molar-refractivity contribution in [2.75, 3.05) is 7.11 Å². The molecule has 0 radical (unpaired) electrons. The molecule has 9 nitrogen and oxygen atoms in total. The normalized spacial score (nSPS) is 14.0. The maximum Gasteiger partial charge on any atom is 0.408 e. The number of aromatic amines is 1. The first-order chi connectivity index (χ1) is 15.4. The summed E-state index contributed by atoms with van der Waals surface area (Å²) in [6.45, 7) is 8.57. The van der Waals surface area contributed by atoms with Gasteiger partial charge in [-0.25, -0.2) is 9.59 Å². The predicted octanol–water partition coefficient (Wildman–Crippen LogP) is 2.59. The van der Waals surface area contributed by atoms with Gasteiger partial charge < -0.3 is 30.4 Å². The molecule has 33 heavy (non-hydrogen) atoms. The molecular weight excluding hydrogens is 444 g/mol. The first-order valence-corrected chi connectivity index (χ1v) is 11.0. The number of hydrogen-bond donors (Lipinski definition) is 4. The third-order valence-corrected chi connectivity index (χ3v) is 5.25. The molecule has 1 heterocycles. The summed E-state index contributed by atoms with van der Waals surface area (Å²) < 4.78 is 10.1. The molecule has 2 aromatic rings. The van der Waals surface area contributed by atoms with E-state index >= 15 is 0 Å². The number of carbonyl (C=O) groups is 3. The Kier molecular flexibility index (Phi) is 8.81. The van der Waals surface area contributed by atoms with Gasteiger partial charge in [0.1, 0.15) is 17.7 Å². The highest BCUT2D eigenvalue weighted by molar-refractivity contribution is 7.80. The highest BCUT2D eigenvalue weighted by atomic mass is 32.1. The number of ether oxygens (including phenoxy) is 2. The van der Waals surface area contributed by atoms with Crippen LogP contribution in [0.25, 0.3) is 10.9 Å². The van der Waals surface area contributed by atoms with Crippen molar-refractivity contribution < 1.29 is 23.9 Å². The van der Waals surface area contributed by atoms with Crippen LogP contribution < -0.4 is 16.0 Å². The predicted molar refractivity (Wildman–Crippen MR) is 130 cm³/mol. The van der Waals surface area contributed by atoms with Crippen LogP contribution >= 0.6 is 12.2 Å². The summed E-state index contributed by atoms with van der Waals surface area (Å²) >= 11 is 5.31. The first-order valence-electron chi connectivity index (χ1n) is 10.6. The number of carbonyl (C=O) groups excluding carboxylic acids is 3. The Morgan fingerprint density at radius 1 is 1.06 bits per heavy atom. The van der Waals surface area contributed by atoms with Crippen molar-refractivity contribution in [3.63, 3.8) is 0 Å². The molecule has 180 valence electrons. The molecule has 1 aromatic carbocycles. The monoisotopic (exact) mass is 476 g/mol. The van der Waals surface area contributed by atoms with E-state index in [0.717, 1.165) is 16.5 Å². The van der Waals surface area contributed by atoms with Crippen LogP contribution in [-0.4, -0.2) is 58.8 Å². The van der Waals surface area contributed by atoms with Gasteiger partial charge in [0, 0.05) is 23.5 Å². The number of thiocarbonyl (C=S) groups is 1. The molecule has 10 heteroatoms. The number of esters is 1. The molecule has 0 aliphatic carbocycles. The Morgan fingerprint density at radius 2 is 1.73 bits per heavy atom. The number of methoxy groups -OCH3 is 1. The van der Waals surface area contributed by atoms with E-state index in [1.807, 2.05) is 30.5 Å². The maximum atomic E-state index is 12.8. The van der Waals surface area contributed by atoms with Gasteiger partial charge in [0.15, 0.2) is 0 Å². The van der Waals surface area contributed by atoms with Crippen LogP contribution in [0.4, 0.5) is 4.79 Å². The molecule has 3 atom stereocenters. The first kappa shape index (κ1) is 26.1. The fourth-order valence-corrected chi connectivity index (χ4v) is 3.34. The SMILES string of the molecule is COC(=O)[C@H](Cc1c[nH]c2ccccc12)NC(=O)[C@H](C)NC(=S)[C@H](C)NC(=O)OC(C)(C)C. The second-order valence-electron chi connectivity index (χ2n) is 8.75. The van der Waals surface area contributed by atoms with E-state index in [0.29, 0.717) is 0 Å². The van der Waals surface area contributed by atoms with Crippen LogP contribution in [0.5, 0.6) is 0 Å². The van der Waals surface area contributed by atoms with Crippen molar-refractivity contribution in [3.8, 4) is 0 Å². The number of aromatic nitrogens is 1. The summed E-state index contributed by atoms with van der Waals surface area (Å²) in [6.07, 6.45) is 1.46. The zero-order valence-electron chi connectivity index (χ0n) is 19.8. The van der Waals surface area contributed by atoms with Crippen molar-refractivity contribution in [2.24, 2.45) is 0 Å². The van der Waals surface area contributed by atoms with Crippen LogP contribution in [0, 0.1) is 0 Å². The minimum atomic E-state index is -0.878. The fourth-order valence-electron chi connectivity index (χ4n) is 3.11. The van der Waals surface area contributed by atoms with Crippen LogP contribution in [0.3, 0.4) is 0 Å². The molecular formula is C23H32N4O5S. The van der Waals surface area contributed by atoms with E-state index in [4.69, 9.17) is 21.7 Å². The standard InChI is InChI=1S/C23H32N4O5S/c1-13(25-20(33)14(2)26-22(30)32-23(3,4)5)19(28)27-18(21(29)31-6)11-15-12-24-17-10-8-7-9-16(15)17/h7-10,12-14,18,24H,11H2,1-6H3,(H,25,33)(H,26,30)(H,27,28)/t13-,14-,18-/m0/s1. The van der Waals surface area contributed by atoms with Gasteiger partial charge in [0.2, 0.25) is 5.91 Å². The van der Waals surface area contributed by atoms with Crippen LogP contribution in [-0.2, 0) is 25.5 Å². The van der Waals surface area contributed by atoms with E-state index in [2.05, 4.69) is 20.9 Å². The van der Waals surface area contributed by atoms with Crippen molar-refractivity contribution in [1.82, 2.24) is 20.9 Å². The third kappa shape index (κ3) is 7.74. The number of benzene rings is 1. The van der Waals surface area contributed by atoms with Crippen molar-refractivity contribution in [1.29, 1.82) is 0 Å². The van der Waals surface area contributed by atoms with Crippen LogP contribution in [0.1, 0.15) is 40.2 Å². The number of rotatable bonds is 8. The number of alkyl carbamates (subject to hydrolysis) is 1. The number of amides is 2. The fraction of sp³-hybridized carbons (Fsp3) is 0.478. The average Bonchev–Trinajstić information content (AvgIpc) is 3.13. The van der Waals surface area contributed by atoms with E-state index in [1.165, 1.54) is 7.11 Å². The molecule has 0 saturated carbocycles. The van der Waals surface area contributed by atoms with E-state index in [9.17, 15) is 14.4 Å². The molecule has 0 spiro atoms. The van der Waals surface area contributed by atoms with E-state index in [-0.39, 0.29) is 11.4 Å². The van der Waals surface area contributed by atoms with Crippen LogP contribution in [0.15, 0.2) is 30.5 Å². The maximum absolute atomic E-state index is 12.8. The van der Waals surface area contributed by atoms with Crippen molar-refractivity contribution in [2.45, 2.75) is 64.8 Å². The van der Waals surface area contributed by atoms with E-state index < -0.39 is 41.7 Å². The third-order valence-electron chi connectivity index (χ3n) is 4.78. The number of para-hydroxylation sites is 1. The highest BCUT2D eigenvalue weighted by Gasteiger charge is 2.27. The van der Waals surface area contributed by atoms with Gasteiger partial charge in [-0.2, -0.15) is 0 Å². The Hall–Kier alpha value is -3.14. The lowest BCUT2D eigenvalue weighted by Gasteiger charge is -2.24. The molecule has 1 aromatic heterocycles. The van der Waals surface area contributed by atoms with Gasteiger partial charge in [-0.05, 0) is 46.2 Å². The minimum absolute atomic E-state index is 0.259. The average molecular weight is 477 g/mol. The summed E-state index contributed by atoms with van der Waals surface area (Å²) in [5.41, 5.74) is 1.18. The zero-order valence-corrected chi connectivity index (χ0v) is 20.6. The molecule has 0 saturated heterocycles. The van der Waals surface area contributed by atoms with Gasteiger partial charge >= 0.3 is 12.1 Å². The number of H-pyrrole nitrogens is 1. The summed E-state index contributed by atoms with van der Waals surface area (Å²) in [7, 11) is 1.28. The molecule has 0 bridgehead atoms. The van der Waals surface area contributed by atoms with Gasteiger partial charge in [-0.15, -0.1) is 0 Å². The van der Waals surface area contributed by atoms with Gasteiger partial charge in [0.25, 0.3) is 0 Å². The second-order valence-corrected chi connectivity index (χ2v) is 9.19. The zero-order chi connectivity index (χ0) is 24.8. The Labute approximate surface area is 199 Å². The van der Waals surface area contributed by atoms with Gasteiger partial charge in [-0.3, -0.25) is 4.79 Å². The summed E-state index contributed by atoms with van der Waals surface area (Å²) in [4.78, 5) is 40.5. The Balaban J connectivity index is 1.98. The lowest BCUT2D eigenvalue weighted by Crippen LogP contribution is -2.54. The Bertz CT molecular complexity index is 1010. The topological polar surface area (TPSA) is 122 Å². The number of fused-ring (bicyclic) bond motifs is 1. The molecule has 0 unspecified atom stereocenters. The molecule has 0 aliphatic heterocycles. The van der Waals surface area contributed by atoms with Gasteiger partial charge in [-0.1, -0.05) is 30.4 Å². The summed E-state index contributed by atoms with van der Waals surface area (Å²) in [5.74, 6) is -0.986. The molecule has 2 amide bonds. The smallest absolute Gasteiger partial charge is 0.408 e. The summed E-state index contributed by atoms with van der Waals surface area (Å²) in [6, 6.07) is 5.50. The molecule has 0 aliphatic rings. The largest absolute Gasteiger partial charge is 0.467 e. The number of nitrogens with one attached hydrogen (secondary N) is 4. The lowest BCUT2D eigenvalue weighted by molar-refractivity contribution is -0.145. The highest BCUT2D eigenvalue weighted by Crippen LogP contribution is 2.19. The second kappa shape index (κ2) is 11.1. The quantitative estimate of drug-likeness (QED) is 0.341. The van der Waals surface area contributed by atoms with Crippen molar-refractivity contribution >= 4 is 46.1 Å². The van der Waals surface area contributed by atoms with Crippen molar-refractivity contribution in [3.05, 3.63) is 36.0 Å². The van der Waals surface area contributed by atoms with E-state index in [1.54, 1.807) is 34.6 Å². The molecule has 0 fully saturated rings. The van der Waals surface area contributed by atoms with Gasteiger partial charge in [0.05, 0.1) is 18.1 Å². The number of hydrogen-bond acceptors (Lipinski definition) is 6. The molecule has 2 rings (SSSR count). The van der Waals surface area contributed by atoms with Crippen LogP contribution in [0.2, 0.25) is 0 Å². The summed E-state index contributed by atoms with van der Waals surface area (Å²) in [5, 5.41) is 9.20.